The van der Waals surface area contributed by atoms with Gasteiger partial charge in [-0.2, -0.15) is 0 Å². The minimum atomic E-state index is -0.243. The van der Waals surface area contributed by atoms with Crippen LogP contribution < -0.4 is 0 Å². The highest BCUT2D eigenvalue weighted by Crippen LogP contribution is 2.45. The van der Waals surface area contributed by atoms with E-state index in [1.54, 1.807) is 0 Å². The Kier molecular flexibility index (Phi) is 3.59. The molecule has 22 heavy (non-hydrogen) atoms. The van der Waals surface area contributed by atoms with E-state index in [1.165, 1.54) is 38.8 Å². The van der Waals surface area contributed by atoms with Crippen LogP contribution in [0.2, 0.25) is 0 Å². The molecule has 0 saturated carbocycles. The molecule has 122 valence electrons. The van der Waals surface area contributed by atoms with E-state index in [1.807, 2.05) is 0 Å². The van der Waals surface area contributed by atoms with Crippen LogP contribution in [0, 0.1) is 27.9 Å². The quantitative estimate of drug-likeness (QED) is 0.571. The van der Waals surface area contributed by atoms with Gasteiger partial charge in [-0.05, 0) is 57.0 Å². The summed E-state index contributed by atoms with van der Waals surface area (Å²) in [6.45, 7) is 3.26. The number of nitrogens with zero attached hydrogens (tertiary/aromatic N) is 3. The van der Waals surface area contributed by atoms with Crippen molar-refractivity contribution < 1.29 is 9.72 Å². The Morgan fingerprint density at radius 2 is 2.00 bits per heavy atom. The third kappa shape index (κ3) is 2.32. The number of carbonyl (C=O) groups is 1. The molecular formula is C16H25N3O3. The molecule has 0 spiro atoms. The summed E-state index contributed by atoms with van der Waals surface area (Å²) in [7, 11) is 0. The molecule has 0 aromatic rings. The average molecular weight is 307 g/mol. The summed E-state index contributed by atoms with van der Waals surface area (Å²) in [5.74, 6) is 1.29. The van der Waals surface area contributed by atoms with E-state index in [-0.39, 0.29) is 29.3 Å². The largest absolute Gasteiger partial charge is 0.339 e. The van der Waals surface area contributed by atoms with Crippen molar-refractivity contribution in [1.29, 1.82) is 0 Å². The molecular weight excluding hydrogens is 282 g/mol. The monoisotopic (exact) mass is 307 g/mol. The van der Waals surface area contributed by atoms with E-state index in [0.717, 1.165) is 13.0 Å². The lowest BCUT2D eigenvalue weighted by molar-refractivity contribution is -0.489. The molecule has 0 aromatic heterocycles. The molecule has 0 radical (unpaired) electrons. The lowest BCUT2D eigenvalue weighted by Gasteiger charge is -2.59. The molecule has 0 bridgehead atoms. The van der Waals surface area contributed by atoms with E-state index in [2.05, 4.69) is 9.80 Å². The van der Waals surface area contributed by atoms with Gasteiger partial charge in [0.25, 0.3) is 0 Å². The normalized spacial score (nSPS) is 41.7. The predicted molar refractivity (Wildman–Crippen MR) is 80.9 cm³/mol. The zero-order valence-electron chi connectivity index (χ0n) is 13.0. The van der Waals surface area contributed by atoms with Crippen LogP contribution in [0.3, 0.4) is 0 Å². The number of piperidine rings is 4. The molecule has 4 aliphatic heterocycles. The van der Waals surface area contributed by atoms with Crippen LogP contribution in [0.25, 0.3) is 0 Å². The zero-order chi connectivity index (χ0) is 15.3. The van der Waals surface area contributed by atoms with Gasteiger partial charge < -0.3 is 4.90 Å². The Morgan fingerprint density at radius 1 is 1.23 bits per heavy atom. The van der Waals surface area contributed by atoms with Crippen molar-refractivity contribution in [2.75, 3.05) is 26.2 Å². The Hall–Kier alpha value is -1.17. The number of hydrogen-bond donors (Lipinski definition) is 0. The van der Waals surface area contributed by atoms with Gasteiger partial charge in [-0.3, -0.25) is 19.8 Å². The molecule has 4 saturated heterocycles. The van der Waals surface area contributed by atoms with Gasteiger partial charge in [-0.25, -0.2) is 0 Å². The molecule has 5 atom stereocenters. The number of rotatable bonds is 2. The zero-order valence-corrected chi connectivity index (χ0v) is 13.0. The highest BCUT2D eigenvalue weighted by molar-refractivity contribution is 5.78. The Morgan fingerprint density at radius 3 is 2.77 bits per heavy atom. The summed E-state index contributed by atoms with van der Waals surface area (Å²) in [4.78, 5) is 27.9. The van der Waals surface area contributed by atoms with E-state index < -0.39 is 0 Å². The maximum Gasteiger partial charge on any atom is 0.223 e. The first-order valence-corrected chi connectivity index (χ1v) is 8.79. The smallest absolute Gasteiger partial charge is 0.223 e. The fourth-order valence-corrected chi connectivity index (χ4v) is 5.72. The molecule has 6 heteroatoms. The van der Waals surface area contributed by atoms with Crippen LogP contribution in [0.1, 0.15) is 38.5 Å². The maximum atomic E-state index is 12.5. The van der Waals surface area contributed by atoms with Crippen molar-refractivity contribution in [2.45, 2.75) is 50.6 Å². The number of nitro groups is 1. The molecule has 4 heterocycles. The number of amides is 1. The second-order valence-electron chi connectivity index (χ2n) is 7.67. The maximum absolute atomic E-state index is 12.5. The first-order valence-electron chi connectivity index (χ1n) is 8.79. The summed E-state index contributed by atoms with van der Waals surface area (Å²) in [5.41, 5.74) is 0. The third-order valence-corrected chi connectivity index (χ3v) is 6.44. The third-order valence-electron chi connectivity index (χ3n) is 6.44. The van der Waals surface area contributed by atoms with Crippen LogP contribution in [0.5, 0.6) is 0 Å². The van der Waals surface area contributed by atoms with E-state index in [4.69, 9.17) is 0 Å². The number of hydrogen-bond acceptors (Lipinski definition) is 4. The first kappa shape index (κ1) is 14.4. The molecule has 0 N–H and O–H groups in total. The van der Waals surface area contributed by atoms with Gasteiger partial charge in [0.05, 0.1) is 0 Å². The van der Waals surface area contributed by atoms with Gasteiger partial charge in [0.2, 0.25) is 12.5 Å². The van der Waals surface area contributed by atoms with Gasteiger partial charge in [-0.1, -0.05) is 0 Å². The van der Waals surface area contributed by atoms with Crippen molar-refractivity contribution in [2.24, 2.45) is 17.8 Å². The average Bonchev–Trinajstić information content (AvgIpc) is 2.48. The molecule has 4 rings (SSSR count). The number of carbonyl (C=O) groups excluding carboxylic acids is 1. The lowest BCUT2D eigenvalue weighted by atomic mass is 9.67. The van der Waals surface area contributed by atoms with Crippen LogP contribution in [0.15, 0.2) is 0 Å². The molecule has 0 aromatic carbocycles. The SMILES string of the molecule is O=C1CC(C[N+](=O)[O-])C[C@@H]2[C@H]3CCCN4CCC[C@@H](CN12)[C@@H]34. The summed E-state index contributed by atoms with van der Waals surface area (Å²) in [6.07, 6.45) is 6.13. The molecule has 4 aliphatic rings. The van der Waals surface area contributed by atoms with Crippen molar-refractivity contribution >= 4 is 5.91 Å². The Labute approximate surface area is 131 Å². The van der Waals surface area contributed by atoms with Crippen LogP contribution in [-0.2, 0) is 4.79 Å². The summed E-state index contributed by atoms with van der Waals surface area (Å²) in [5, 5.41) is 10.8. The summed E-state index contributed by atoms with van der Waals surface area (Å²) >= 11 is 0. The molecule has 1 amide bonds. The fourth-order valence-electron chi connectivity index (χ4n) is 5.72. The van der Waals surface area contributed by atoms with Crippen molar-refractivity contribution in [3.05, 3.63) is 10.1 Å². The minimum absolute atomic E-state index is 0.0411. The second-order valence-corrected chi connectivity index (χ2v) is 7.67. The second kappa shape index (κ2) is 5.48. The van der Waals surface area contributed by atoms with Gasteiger partial charge in [-0.15, -0.1) is 0 Å². The highest BCUT2D eigenvalue weighted by Gasteiger charge is 2.52. The Bertz CT molecular complexity index is 481. The van der Waals surface area contributed by atoms with E-state index in [0.29, 0.717) is 24.3 Å². The van der Waals surface area contributed by atoms with E-state index in [9.17, 15) is 14.9 Å². The minimum Gasteiger partial charge on any atom is -0.339 e. The Balaban J connectivity index is 1.58. The molecule has 0 aliphatic carbocycles. The van der Waals surface area contributed by atoms with Crippen LogP contribution in [-0.4, -0.2) is 58.9 Å². The van der Waals surface area contributed by atoms with Gasteiger partial charge in [0, 0.05) is 35.9 Å². The lowest BCUT2D eigenvalue weighted by Crippen LogP contribution is -2.67. The van der Waals surface area contributed by atoms with Gasteiger partial charge >= 0.3 is 0 Å². The highest BCUT2D eigenvalue weighted by atomic mass is 16.6. The van der Waals surface area contributed by atoms with Gasteiger partial charge in [0.15, 0.2) is 0 Å². The topological polar surface area (TPSA) is 66.7 Å². The van der Waals surface area contributed by atoms with Crippen molar-refractivity contribution in [3.63, 3.8) is 0 Å². The van der Waals surface area contributed by atoms with E-state index >= 15 is 0 Å². The molecule has 1 unspecified atom stereocenters. The van der Waals surface area contributed by atoms with Crippen molar-refractivity contribution in [1.82, 2.24) is 9.80 Å². The predicted octanol–water partition coefficient (Wildman–Crippen LogP) is 1.37. The number of fused-ring (bicyclic) bond motifs is 2. The molecule has 4 fully saturated rings. The standard InChI is InChI=1S/C16H25N3O3/c20-15-8-11(9-19(21)22)7-14-13-4-2-6-17-5-1-3-12(16(13)17)10-18(14)15/h11-14,16H,1-10H2/t11?,12-,13+,14+,16-/m0/s1. The van der Waals surface area contributed by atoms with Crippen LogP contribution >= 0.6 is 0 Å². The van der Waals surface area contributed by atoms with Crippen molar-refractivity contribution in [3.8, 4) is 0 Å². The fraction of sp³-hybridized carbons (Fsp3) is 0.938. The van der Waals surface area contributed by atoms with Crippen LogP contribution in [0.4, 0.5) is 0 Å². The summed E-state index contributed by atoms with van der Waals surface area (Å²) in [6, 6.07) is 0.888. The molecule has 6 nitrogen and oxygen atoms in total. The van der Waals surface area contributed by atoms with Gasteiger partial charge in [0.1, 0.15) is 0 Å². The first-order chi connectivity index (χ1) is 10.6. The summed E-state index contributed by atoms with van der Waals surface area (Å²) < 4.78 is 0.